The summed E-state index contributed by atoms with van der Waals surface area (Å²) in [5, 5.41) is 7.85. The molecule has 0 radical (unpaired) electrons. The van der Waals surface area contributed by atoms with E-state index in [1.807, 2.05) is 6.20 Å². The van der Waals surface area contributed by atoms with Gasteiger partial charge in [0, 0.05) is 18.3 Å². The van der Waals surface area contributed by atoms with Crippen molar-refractivity contribution in [2.24, 2.45) is 0 Å². The van der Waals surface area contributed by atoms with Crippen molar-refractivity contribution in [3.8, 4) is 0 Å². The van der Waals surface area contributed by atoms with Crippen molar-refractivity contribution >= 4 is 0 Å². The van der Waals surface area contributed by atoms with Gasteiger partial charge in [0.25, 0.3) is 0 Å². The second-order valence-electron chi connectivity index (χ2n) is 4.44. The van der Waals surface area contributed by atoms with Crippen LogP contribution in [0.4, 0.5) is 0 Å². The van der Waals surface area contributed by atoms with Gasteiger partial charge >= 0.3 is 0 Å². The Morgan fingerprint density at radius 2 is 2.40 bits per heavy atom. The Morgan fingerprint density at radius 1 is 1.53 bits per heavy atom. The van der Waals surface area contributed by atoms with E-state index in [4.69, 9.17) is 0 Å². The van der Waals surface area contributed by atoms with E-state index in [-0.39, 0.29) is 0 Å². The summed E-state index contributed by atoms with van der Waals surface area (Å²) in [6, 6.07) is 0.689. The third-order valence-electron chi connectivity index (χ3n) is 3.14. The second kappa shape index (κ2) is 5.31. The van der Waals surface area contributed by atoms with E-state index >= 15 is 0 Å². The van der Waals surface area contributed by atoms with Crippen molar-refractivity contribution in [2.75, 3.05) is 6.54 Å². The lowest BCUT2D eigenvalue weighted by Crippen LogP contribution is -2.17. The maximum atomic E-state index is 4.41. The van der Waals surface area contributed by atoms with E-state index in [9.17, 15) is 0 Å². The molecule has 1 aliphatic carbocycles. The van der Waals surface area contributed by atoms with Crippen molar-refractivity contribution in [3.63, 3.8) is 0 Å². The van der Waals surface area contributed by atoms with Crippen LogP contribution in [-0.2, 0) is 6.54 Å². The topological polar surface area (TPSA) is 29.9 Å². The minimum Gasteiger partial charge on any atom is -0.313 e. The van der Waals surface area contributed by atoms with Gasteiger partial charge < -0.3 is 5.32 Å². The van der Waals surface area contributed by atoms with E-state index in [1.54, 1.807) is 0 Å². The quantitative estimate of drug-likeness (QED) is 0.726. The van der Waals surface area contributed by atoms with Gasteiger partial charge in [0.15, 0.2) is 0 Å². The summed E-state index contributed by atoms with van der Waals surface area (Å²) >= 11 is 0. The Balaban J connectivity index is 1.74. The fraction of sp³-hybridized carbons (Fsp3) is 0.750. The minimum absolute atomic E-state index is 0.689. The van der Waals surface area contributed by atoms with Crippen LogP contribution in [0.5, 0.6) is 0 Å². The van der Waals surface area contributed by atoms with E-state index in [0.717, 1.165) is 13.1 Å². The van der Waals surface area contributed by atoms with Crippen molar-refractivity contribution < 1.29 is 0 Å². The number of aromatic nitrogens is 2. The van der Waals surface area contributed by atoms with E-state index < -0.39 is 0 Å². The first kappa shape index (κ1) is 10.7. The summed E-state index contributed by atoms with van der Waals surface area (Å²) in [6.07, 6.45) is 10.7. The molecule has 3 nitrogen and oxygen atoms in total. The maximum Gasteiger partial charge on any atom is 0.0534 e. The first-order chi connectivity index (χ1) is 7.40. The highest BCUT2D eigenvalue weighted by Gasteiger charge is 2.19. The number of nitrogens with zero attached hydrogens (tertiary/aromatic N) is 2. The Bertz CT molecular complexity index is 289. The molecule has 0 amide bonds. The Morgan fingerprint density at radius 3 is 3.07 bits per heavy atom. The molecule has 15 heavy (non-hydrogen) atoms. The van der Waals surface area contributed by atoms with Crippen LogP contribution >= 0.6 is 0 Å². The van der Waals surface area contributed by atoms with Crippen LogP contribution in [0.1, 0.15) is 50.6 Å². The lowest BCUT2D eigenvalue weighted by atomic mass is 9.93. The highest BCUT2D eigenvalue weighted by molar-refractivity contribution is 5.04. The van der Waals surface area contributed by atoms with Crippen molar-refractivity contribution in [3.05, 3.63) is 18.0 Å². The van der Waals surface area contributed by atoms with Gasteiger partial charge in [-0.3, -0.25) is 4.68 Å². The Kier molecular flexibility index (Phi) is 3.78. The molecule has 0 spiro atoms. The molecule has 1 aromatic rings. The van der Waals surface area contributed by atoms with Crippen molar-refractivity contribution in [1.82, 2.24) is 15.1 Å². The van der Waals surface area contributed by atoms with Crippen LogP contribution in [0.25, 0.3) is 0 Å². The van der Waals surface area contributed by atoms with E-state index in [2.05, 4.69) is 28.2 Å². The minimum atomic E-state index is 0.689. The molecule has 0 aliphatic heterocycles. The summed E-state index contributed by atoms with van der Waals surface area (Å²) in [5.74, 6) is 0. The van der Waals surface area contributed by atoms with E-state index in [1.165, 1.54) is 37.7 Å². The lowest BCUT2D eigenvalue weighted by molar-refractivity contribution is 0.289. The first-order valence-corrected chi connectivity index (χ1v) is 6.14. The zero-order valence-electron chi connectivity index (χ0n) is 9.58. The molecule has 1 aromatic heterocycles. The molecule has 1 aliphatic rings. The van der Waals surface area contributed by atoms with Gasteiger partial charge in [-0.2, -0.15) is 5.10 Å². The highest BCUT2D eigenvalue weighted by Crippen LogP contribution is 2.30. The average molecular weight is 207 g/mol. The van der Waals surface area contributed by atoms with Crippen LogP contribution in [-0.4, -0.2) is 16.3 Å². The summed E-state index contributed by atoms with van der Waals surface area (Å²) < 4.78 is 2.14. The molecule has 0 aromatic carbocycles. The third kappa shape index (κ3) is 2.81. The first-order valence-electron chi connectivity index (χ1n) is 6.14. The number of nitrogens with one attached hydrogen (secondary N) is 1. The number of rotatable bonds is 6. The van der Waals surface area contributed by atoms with Gasteiger partial charge in [-0.25, -0.2) is 0 Å². The summed E-state index contributed by atoms with van der Waals surface area (Å²) in [5.41, 5.74) is 1.32. The average Bonchev–Trinajstić information content (AvgIpc) is 2.58. The molecule has 84 valence electrons. The molecular formula is C12H21N3. The smallest absolute Gasteiger partial charge is 0.0534 e. The van der Waals surface area contributed by atoms with Gasteiger partial charge in [0.1, 0.15) is 0 Å². The standard InChI is InChI=1S/C12H21N3/c1-2-3-7-13-8-11-9-14-15(10-11)12-5-4-6-12/h9-10,12-13H,2-8H2,1H3. The zero-order chi connectivity index (χ0) is 10.5. The number of unbranched alkanes of at least 4 members (excludes halogenated alkanes) is 1. The molecule has 0 atom stereocenters. The monoisotopic (exact) mass is 207 g/mol. The maximum absolute atomic E-state index is 4.41. The molecule has 3 heteroatoms. The summed E-state index contributed by atoms with van der Waals surface area (Å²) in [4.78, 5) is 0. The van der Waals surface area contributed by atoms with Gasteiger partial charge in [-0.1, -0.05) is 13.3 Å². The van der Waals surface area contributed by atoms with Gasteiger partial charge in [-0.15, -0.1) is 0 Å². The molecular weight excluding hydrogens is 186 g/mol. The molecule has 2 rings (SSSR count). The predicted molar refractivity (Wildman–Crippen MR) is 61.7 cm³/mol. The normalized spacial score (nSPS) is 16.6. The second-order valence-corrected chi connectivity index (χ2v) is 4.44. The van der Waals surface area contributed by atoms with Crippen molar-refractivity contribution in [1.29, 1.82) is 0 Å². The fourth-order valence-corrected chi connectivity index (χ4v) is 1.85. The van der Waals surface area contributed by atoms with Gasteiger partial charge in [0.05, 0.1) is 12.2 Å². The number of hydrogen-bond donors (Lipinski definition) is 1. The lowest BCUT2D eigenvalue weighted by Gasteiger charge is -2.25. The van der Waals surface area contributed by atoms with Crippen molar-refractivity contribution in [2.45, 2.75) is 51.6 Å². The molecule has 1 N–H and O–H groups in total. The van der Waals surface area contributed by atoms with Crippen LogP contribution in [0.2, 0.25) is 0 Å². The molecule has 0 bridgehead atoms. The molecule has 0 saturated heterocycles. The van der Waals surface area contributed by atoms with Crippen LogP contribution in [0.3, 0.4) is 0 Å². The predicted octanol–water partition coefficient (Wildman–Crippen LogP) is 2.50. The van der Waals surface area contributed by atoms with Crippen LogP contribution < -0.4 is 5.32 Å². The summed E-state index contributed by atoms with van der Waals surface area (Å²) in [7, 11) is 0. The van der Waals surface area contributed by atoms with E-state index in [0.29, 0.717) is 6.04 Å². The largest absolute Gasteiger partial charge is 0.313 e. The molecule has 1 fully saturated rings. The SMILES string of the molecule is CCCCNCc1cnn(C2CCC2)c1. The van der Waals surface area contributed by atoms with Gasteiger partial charge in [0.2, 0.25) is 0 Å². The number of hydrogen-bond acceptors (Lipinski definition) is 2. The fourth-order valence-electron chi connectivity index (χ4n) is 1.85. The van der Waals surface area contributed by atoms with Gasteiger partial charge in [-0.05, 0) is 32.2 Å². The zero-order valence-corrected chi connectivity index (χ0v) is 9.58. The molecule has 0 unspecified atom stereocenters. The third-order valence-corrected chi connectivity index (χ3v) is 3.14. The molecule has 1 heterocycles. The molecule has 1 saturated carbocycles. The van der Waals surface area contributed by atoms with Crippen LogP contribution in [0, 0.1) is 0 Å². The Hall–Kier alpha value is -0.830. The Labute approximate surface area is 91.9 Å². The summed E-state index contributed by atoms with van der Waals surface area (Å²) in [6.45, 7) is 4.30. The highest BCUT2D eigenvalue weighted by atomic mass is 15.3. The van der Waals surface area contributed by atoms with Crippen LogP contribution in [0.15, 0.2) is 12.4 Å².